The van der Waals surface area contributed by atoms with Gasteiger partial charge in [-0.1, -0.05) is 6.07 Å². The summed E-state index contributed by atoms with van der Waals surface area (Å²) < 4.78 is 23.8. The average molecular weight is 269 g/mol. The van der Waals surface area contributed by atoms with Crippen LogP contribution in [-0.4, -0.2) is 23.2 Å². The molecular formula is C9H5ClN4O2S. The monoisotopic (exact) mass is 268 g/mol. The van der Waals surface area contributed by atoms with Crippen molar-refractivity contribution in [1.82, 2.24) is 14.8 Å². The van der Waals surface area contributed by atoms with Crippen molar-refractivity contribution < 1.29 is 8.42 Å². The molecule has 2 aromatic heterocycles. The molecule has 0 aliphatic rings. The fourth-order valence-electron chi connectivity index (χ4n) is 1.29. The summed E-state index contributed by atoms with van der Waals surface area (Å²) >= 11 is 0. The molecule has 0 N–H and O–H groups in total. The zero-order chi connectivity index (χ0) is 12.5. The SMILES string of the molecule is N#Cc1cnn(-c2ccccn2)c1S(=O)(=O)Cl. The van der Waals surface area contributed by atoms with E-state index in [1.54, 1.807) is 24.3 Å². The summed E-state index contributed by atoms with van der Waals surface area (Å²) in [4.78, 5) is 3.94. The lowest BCUT2D eigenvalue weighted by molar-refractivity contribution is 0.598. The Balaban J connectivity index is 2.74. The summed E-state index contributed by atoms with van der Waals surface area (Å²) in [5.74, 6) is 0.272. The van der Waals surface area contributed by atoms with E-state index in [1.165, 1.54) is 6.20 Å². The second kappa shape index (κ2) is 4.16. The second-order valence-electron chi connectivity index (χ2n) is 3.01. The molecule has 0 spiro atoms. The van der Waals surface area contributed by atoms with Crippen LogP contribution in [-0.2, 0) is 9.05 Å². The molecule has 0 aliphatic heterocycles. The maximum absolute atomic E-state index is 11.4. The summed E-state index contributed by atoms with van der Waals surface area (Å²) in [6.07, 6.45) is 2.61. The molecule has 86 valence electrons. The molecule has 0 aromatic carbocycles. The van der Waals surface area contributed by atoms with Crippen LogP contribution in [0.25, 0.3) is 5.82 Å². The Morgan fingerprint density at radius 3 is 2.71 bits per heavy atom. The highest BCUT2D eigenvalue weighted by molar-refractivity contribution is 8.13. The van der Waals surface area contributed by atoms with Gasteiger partial charge in [-0.05, 0) is 12.1 Å². The Kier molecular flexibility index (Phi) is 2.83. The molecule has 2 heterocycles. The molecule has 0 saturated heterocycles. The van der Waals surface area contributed by atoms with Gasteiger partial charge in [0.15, 0.2) is 10.8 Å². The quantitative estimate of drug-likeness (QED) is 0.760. The van der Waals surface area contributed by atoms with Gasteiger partial charge in [0.25, 0.3) is 9.05 Å². The molecule has 0 fully saturated rings. The maximum atomic E-state index is 11.4. The topological polar surface area (TPSA) is 88.6 Å². The van der Waals surface area contributed by atoms with Crippen molar-refractivity contribution in [2.45, 2.75) is 5.03 Å². The molecule has 0 unspecified atom stereocenters. The van der Waals surface area contributed by atoms with Crippen molar-refractivity contribution in [3.8, 4) is 11.9 Å². The van der Waals surface area contributed by atoms with E-state index in [1.807, 2.05) is 0 Å². The van der Waals surface area contributed by atoms with Gasteiger partial charge in [-0.25, -0.2) is 18.1 Å². The Bertz CT molecular complexity index is 688. The van der Waals surface area contributed by atoms with E-state index in [-0.39, 0.29) is 16.4 Å². The summed E-state index contributed by atoms with van der Waals surface area (Å²) in [6.45, 7) is 0. The van der Waals surface area contributed by atoms with Crippen LogP contribution in [0.5, 0.6) is 0 Å². The lowest BCUT2D eigenvalue weighted by atomic mass is 10.4. The van der Waals surface area contributed by atoms with E-state index < -0.39 is 9.05 Å². The van der Waals surface area contributed by atoms with Gasteiger partial charge in [0.1, 0.15) is 11.6 Å². The second-order valence-corrected chi connectivity index (χ2v) is 5.49. The largest absolute Gasteiger partial charge is 0.280 e. The van der Waals surface area contributed by atoms with Gasteiger partial charge in [-0.15, -0.1) is 0 Å². The van der Waals surface area contributed by atoms with Crippen LogP contribution >= 0.6 is 10.7 Å². The van der Waals surface area contributed by atoms with Crippen LogP contribution in [0.2, 0.25) is 0 Å². The minimum absolute atomic E-state index is 0.120. The van der Waals surface area contributed by atoms with Gasteiger partial charge < -0.3 is 0 Å². The minimum atomic E-state index is -4.07. The number of pyridine rings is 1. The zero-order valence-electron chi connectivity index (χ0n) is 8.28. The number of nitriles is 1. The van der Waals surface area contributed by atoms with E-state index in [0.29, 0.717) is 0 Å². The summed E-state index contributed by atoms with van der Waals surface area (Å²) in [5.41, 5.74) is -0.120. The fourth-order valence-corrected chi connectivity index (χ4v) is 2.44. The van der Waals surface area contributed by atoms with Crippen molar-refractivity contribution in [3.63, 3.8) is 0 Å². The van der Waals surface area contributed by atoms with E-state index in [0.717, 1.165) is 10.9 Å². The lowest BCUT2D eigenvalue weighted by Crippen LogP contribution is -2.07. The van der Waals surface area contributed by atoms with Gasteiger partial charge in [-0.3, -0.25) is 0 Å². The molecule has 6 nitrogen and oxygen atoms in total. The third-order valence-corrected chi connectivity index (χ3v) is 3.24. The minimum Gasteiger partial charge on any atom is -0.237 e. The van der Waals surface area contributed by atoms with Crippen molar-refractivity contribution in [2.75, 3.05) is 0 Å². The predicted molar refractivity (Wildman–Crippen MR) is 59.1 cm³/mol. The number of halogens is 1. The van der Waals surface area contributed by atoms with Gasteiger partial charge in [-0.2, -0.15) is 10.4 Å². The van der Waals surface area contributed by atoms with Crippen molar-refractivity contribution in [1.29, 1.82) is 5.26 Å². The highest BCUT2D eigenvalue weighted by atomic mass is 35.7. The van der Waals surface area contributed by atoms with Gasteiger partial charge in [0.2, 0.25) is 0 Å². The highest BCUT2D eigenvalue weighted by Gasteiger charge is 2.24. The first-order valence-corrected chi connectivity index (χ1v) is 6.69. The van der Waals surface area contributed by atoms with Crippen LogP contribution in [0.1, 0.15) is 5.56 Å². The number of hydrogen-bond acceptors (Lipinski definition) is 5. The number of rotatable bonds is 2. The first-order chi connectivity index (χ1) is 8.04. The molecule has 0 saturated carbocycles. The molecular weight excluding hydrogens is 264 g/mol. The van der Waals surface area contributed by atoms with Crippen LogP contribution in [0.15, 0.2) is 35.6 Å². The Morgan fingerprint density at radius 2 is 2.18 bits per heavy atom. The number of nitrogens with zero attached hydrogens (tertiary/aromatic N) is 4. The normalized spacial score (nSPS) is 11.1. The summed E-state index contributed by atoms with van der Waals surface area (Å²) in [6, 6.07) is 6.61. The van der Waals surface area contributed by atoms with Crippen molar-refractivity contribution in [2.24, 2.45) is 0 Å². The molecule has 0 aliphatic carbocycles. The van der Waals surface area contributed by atoms with Crippen molar-refractivity contribution >= 4 is 19.7 Å². The molecule has 0 radical (unpaired) electrons. The lowest BCUT2D eigenvalue weighted by Gasteiger charge is -2.03. The highest BCUT2D eigenvalue weighted by Crippen LogP contribution is 2.21. The third kappa shape index (κ3) is 2.13. The Hall–Kier alpha value is -1.91. The van der Waals surface area contributed by atoms with Crippen molar-refractivity contribution in [3.05, 3.63) is 36.2 Å². The van der Waals surface area contributed by atoms with E-state index in [4.69, 9.17) is 15.9 Å². The van der Waals surface area contributed by atoms with Crippen LogP contribution in [0.3, 0.4) is 0 Å². The third-order valence-electron chi connectivity index (χ3n) is 1.94. The van der Waals surface area contributed by atoms with Crippen LogP contribution in [0, 0.1) is 11.3 Å². The zero-order valence-corrected chi connectivity index (χ0v) is 9.85. The standard InChI is InChI=1S/C9H5ClN4O2S/c10-17(15,16)9-7(5-11)6-13-14(9)8-3-1-2-4-12-8/h1-4,6H. The van der Waals surface area contributed by atoms with Gasteiger partial charge in [0.05, 0.1) is 6.20 Å². The summed E-state index contributed by atoms with van der Waals surface area (Å²) in [7, 11) is 1.20. The summed E-state index contributed by atoms with van der Waals surface area (Å²) in [5, 5.41) is 12.2. The first-order valence-electron chi connectivity index (χ1n) is 4.38. The molecule has 17 heavy (non-hydrogen) atoms. The number of hydrogen-bond donors (Lipinski definition) is 0. The van der Waals surface area contributed by atoms with E-state index in [9.17, 15) is 8.42 Å². The molecule has 2 aromatic rings. The Labute approximate surface area is 102 Å². The smallest absolute Gasteiger partial charge is 0.237 e. The molecule has 2 rings (SSSR count). The maximum Gasteiger partial charge on any atom is 0.280 e. The fraction of sp³-hybridized carbons (Fsp3) is 0. The van der Waals surface area contributed by atoms with E-state index in [2.05, 4.69) is 10.1 Å². The van der Waals surface area contributed by atoms with Crippen LogP contribution in [0.4, 0.5) is 0 Å². The molecule has 0 amide bonds. The molecule has 8 heteroatoms. The number of aromatic nitrogens is 3. The Morgan fingerprint density at radius 1 is 1.41 bits per heavy atom. The first kappa shape index (κ1) is 11.6. The van der Waals surface area contributed by atoms with Crippen LogP contribution < -0.4 is 0 Å². The predicted octanol–water partition coefficient (Wildman–Crippen LogP) is 1.07. The van der Waals surface area contributed by atoms with Gasteiger partial charge >= 0.3 is 0 Å². The van der Waals surface area contributed by atoms with Gasteiger partial charge in [0, 0.05) is 16.9 Å². The molecule has 0 bridgehead atoms. The molecule has 0 atom stereocenters. The average Bonchev–Trinajstić information content (AvgIpc) is 2.73. The van der Waals surface area contributed by atoms with E-state index >= 15 is 0 Å².